The van der Waals surface area contributed by atoms with E-state index in [1.54, 1.807) is 0 Å². The van der Waals surface area contributed by atoms with E-state index in [0.29, 0.717) is 6.04 Å². The summed E-state index contributed by atoms with van der Waals surface area (Å²) in [6.45, 7) is 6.35. The highest BCUT2D eigenvalue weighted by molar-refractivity contribution is 4.98. The highest BCUT2D eigenvalue weighted by Crippen LogP contribution is 2.38. The van der Waals surface area contributed by atoms with E-state index >= 15 is 0 Å². The second kappa shape index (κ2) is 5.21. The molecule has 3 unspecified atom stereocenters. The summed E-state index contributed by atoms with van der Waals surface area (Å²) in [5, 5.41) is 0. The minimum absolute atomic E-state index is 0.279. The van der Waals surface area contributed by atoms with Crippen LogP contribution in [0.5, 0.6) is 0 Å². The normalized spacial score (nSPS) is 42.1. The number of hydrogen-bond donors (Lipinski definition) is 1. The van der Waals surface area contributed by atoms with Gasteiger partial charge in [0.15, 0.2) is 5.79 Å². The minimum Gasteiger partial charge on any atom is -0.347 e. The van der Waals surface area contributed by atoms with Crippen LogP contribution in [0.2, 0.25) is 0 Å². The van der Waals surface area contributed by atoms with Crippen LogP contribution in [0.4, 0.5) is 0 Å². The topological polar surface area (TPSA) is 51.0 Å². The Labute approximate surface area is 121 Å². The molecule has 3 heterocycles. The van der Waals surface area contributed by atoms with Crippen molar-refractivity contribution in [2.75, 3.05) is 39.4 Å². The molecule has 0 radical (unpaired) electrons. The fraction of sp³-hybridized carbons (Fsp3) is 1.00. The van der Waals surface area contributed by atoms with Gasteiger partial charge in [-0.1, -0.05) is 0 Å². The van der Waals surface area contributed by atoms with Gasteiger partial charge in [0.05, 0.1) is 13.2 Å². The molecule has 20 heavy (non-hydrogen) atoms. The SMILES string of the molecule is NC1CCC2(CC1N1CCN3CCCC3C1)OCCO2. The molecule has 0 amide bonds. The number of ether oxygens (including phenoxy) is 2. The Balaban J connectivity index is 1.45. The lowest BCUT2D eigenvalue weighted by Gasteiger charge is -2.48. The van der Waals surface area contributed by atoms with E-state index in [0.717, 1.165) is 45.1 Å². The van der Waals surface area contributed by atoms with Crippen molar-refractivity contribution in [1.29, 1.82) is 0 Å². The second-order valence-electron chi connectivity index (χ2n) is 6.91. The monoisotopic (exact) mass is 281 g/mol. The molecule has 1 aliphatic carbocycles. The third-order valence-corrected chi connectivity index (χ3v) is 5.77. The summed E-state index contributed by atoms with van der Waals surface area (Å²) in [4.78, 5) is 5.28. The van der Waals surface area contributed by atoms with Gasteiger partial charge in [0.2, 0.25) is 0 Å². The van der Waals surface area contributed by atoms with Crippen LogP contribution in [0.15, 0.2) is 0 Å². The molecule has 0 aromatic rings. The highest BCUT2D eigenvalue weighted by atomic mass is 16.7. The highest BCUT2D eigenvalue weighted by Gasteiger charge is 2.47. The predicted molar refractivity (Wildman–Crippen MR) is 76.4 cm³/mol. The van der Waals surface area contributed by atoms with Crippen LogP contribution in [-0.4, -0.2) is 73.1 Å². The van der Waals surface area contributed by atoms with Crippen molar-refractivity contribution in [3.8, 4) is 0 Å². The van der Waals surface area contributed by atoms with Gasteiger partial charge in [-0.15, -0.1) is 0 Å². The first-order chi connectivity index (χ1) is 9.76. The molecule has 1 spiro atoms. The number of hydrogen-bond acceptors (Lipinski definition) is 5. The van der Waals surface area contributed by atoms with Crippen molar-refractivity contribution in [3.63, 3.8) is 0 Å². The quantitative estimate of drug-likeness (QED) is 0.753. The van der Waals surface area contributed by atoms with Crippen LogP contribution < -0.4 is 5.73 Å². The lowest BCUT2D eigenvalue weighted by atomic mass is 9.84. The Morgan fingerprint density at radius 2 is 1.80 bits per heavy atom. The Morgan fingerprint density at radius 1 is 1.00 bits per heavy atom. The number of piperazine rings is 1. The predicted octanol–water partition coefficient (Wildman–Crippen LogP) is 0.389. The summed E-state index contributed by atoms with van der Waals surface area (Å²) < 4.78 is 11.8. The van der Waals surface area contributed by atoms with Gasteiger partial charge < -0.3 is 15.2 Å². The smallest absolute Gasteiger partial charge is 0.170 e. The van der Waals surface area contributed by atoms with E-state index in [-0.39, 0.29) is 11.8 Å². The van der Waals surface area contributed by atoms with Crippen LogP contribution in [0.25, 0.3) is 0 Å². The zero-order chi connectivity index (χ0) is 13.6. The second-order valence-corrected chi connectivity index (χ2v) is 6.91. The van der Waals surface area contributed by atoms with E-state index < -0.39 is 0 Å². The van der Waals surface area contributed by atoms with E-state index in [2.05, 4.69) is 9.80 Å². The molecule has 5 nitrogen and oxygen atoms in total. The minimum atomic E-state index is -0.312. The molecular formula is C15H27N3O2. The van der Waals surface area contributed by atoms with Gasteiger partial charge >= 0.3 is 0 Å². The van der Waals surface area contributed by atoms with Gasteiger partial charge in [-0.2, -0.15) is 0 Å². The lowest BCUT2D eigenvalue weighted by Crippen LogP contribution is -2.61. The molecule has 0 aromatic carbocycles. The number of fused-ring (bicyclic) bond motifs is 1. The summed E-state index contributed by atoms with van der Waals surface area (Å²) in [6, 6.07) is 1.48. The van der Waals surface area contributed by atoms with Crippen molar-refractivity contribution in [3.05, 3.63) is 0 Å². The first-order valence-corrected chi connectivity index (χ1v) is 8.27. The molecule has 114 valence electrons. The van der Waals surface area contributed by atoms with Gasteiger partial charge in [0.25, 0.3) is 0 Å². The van der Waals surface area contributed by atoms with Crippen LogP contribution in [0.1, 0.15) is 32.1 Å². The molecule has 4 rings (SSSR count). The maximum absolute atomic E-state index is 6.43. The summed E-state index contributed by atoms with van der Waals surface area (Å²) in [6.07, 6.45) is 5.67. The van der Waals surface area contributed by atoms with Crippen molar-refractivity contribution in [2.24, 2.45) is 5.73 Å². The zero-order valence-corrected chi connectivity index (χ0v) is 12.3. The maximum Gasteiger partial charge on any atom is 0.170 e. The molecule has 0 bridgehead atoms. The molecule has 5 heteroatoms. The molecule has 3 atom stereocenters. The van der Waals surface area contributed by atoms with E-state index in [4.69, 9.17) is 15.2 Å². The maximum atomic E-state index is 6.43. The fourth-order valence-corrected chi connectivity index (χ4v) is 4.63. The van der Waals surface area contributed by atoms with Crippen molar-refractivity contribution in [1.82, 2.24) is 9.80 Å². The Hall–Kier alpha value is -0.200. The Morgan fingerprint density at radius 3 is 2.65 bits per heavy atom. The van der Waals surface area contributed by atoms with E-state index in [1.807, 2.05) is 0 Å². The number of rotatable bonds is 1. The van der Waals surface area contributed by atoms with Gasteiger partial charge in [0.1, 0.15) is 0 Å². The zero-order valence-electron chi connectivity index (χ0n) is 12.3. The van der Waals surface area contributed by atoms with Crippen LogP contribution >= 0.6 is 0 Å². The van der Waals surface area contributed by atoms with Crippen LogP contribution in [0.3, 0.4) is 0 Å². The average molecular weight is 281 g/mol. The van der Waals surface area contributed by atoms with Gasteiger partial charge in [-0.3, -0.25) is 9.80 Å². The van der Waals surface area contributed by atoms with Crippen LogP contribution in [0, 0.1) is 0 Å². The van der Waals surface area contributed by atoms with Crippen molar-refractivity contribution >= 4 is 0 Å². The Bertz CT molecular complexity index is 359. The molecule has 1 saturated carbocycles. The summed E-state index contributed by atoms with van der Waals surface area (Å²) in [7, 11) is 0. The van der Waals surface area contributed by atoms with Crippen molar-refractivity contribution < 1.29 is 9.47 Å². The first kappa shape index (κ1) is 13.5. The molecular weight excluding hydrogens is 254 g/mol. The fourth-order valence-electron chi connectivity index (χ4n) is 4.63. The number of nitrogens with zero attached hydrogens (tertiary/aromatic N) is 2. The van der Waals surface area contributed by atoms with Crippen molar-refractivity contribution in [2.45, 2.75) is 56.0 Å². The molecule has 3 saturated heterocycles. The molecule has 0 aromatic heterocycles. The van der Waals surface area contributed by atoms with Gasteiger partial charge in [-0.05, 0) is 25.8 Å². The van der Waals surface area contributed by atoms with E-state index in [1.165, 1.54) is 32.5 Å². The average Bonchev–Trinajstić information content (AvgIpc) is 3.10. The third-order valence-electron chi connectivity index (χ3n) is 5.77. The van der Waals surface area contributed by atoms with Gasteiger partial charge in [-0.25, -0.2) is 0 Å². The lowest BCUT2D eigenvalue weighted by molar-refractivity contribution is -0.193. The largest absolute Gasteiger partial charge is 0.347 e. The molecule has 4 aliphatic rings. The molecule has 2 N–H and O–H groups in total. The molecule has 4 fully saturated rings. The summed E-state index contributed by atoms with van der Waals surface area (Å²) in [5.41, 5.74) is 6.43. The van der Waals surface area contributed by atoms with Gasteiger partial charge in [0, 0.05) is 50.6 Å². The Kier molecular flexibility index (Phi) is 3.51. The van der Waals surface area contributed by atoms with Crippen LogP contribution in [-0.2, 0) is 9.47 Å². The summed E-state index contributed by atoms with van der Waals surface area (Å²) >= 11 is 0. The molecule has 3 aliphatic heterocycles. The summed E-state index contributed by atoms with van der Waals surface area (Å²) in [5.74, 6) is -0.312. The first-order valence-electron chi connectivity index (χ1n) is 8.27. The standard InChI is InChI=1S/C15H27N3O2/c16-13-3-4-15(19-8-9-20-15)10-14(13)18-7-6-17-5-1-2-12(17)11-18/h12-14H,1-11,16H2. The third kappa shape index (κ3) is 2.29. The number of nitrogens with two attached hydrogens (primary N) is 1. The van der Waals surface area contributed by atoms with E-state index in [9.17, 15) is 0 Å².